The normalized spacial score (nSPS) is 18.0. The molecule has 9 nitrogen and oxygen atoms in total. The third kappa shape index (κ3) is 2.53. The van der Waals surface area contributed by atoms with Crippen LogP contribution in [0.2, 0.25) is 0 Å². The Bertz CT molecular complexity index is 859. The van der Waals surface area contributed by atoms with Crippen molar-refractivity contribution in [3.05, 3.63) is 24.9 Å². The van der Waals surface area contributed by atoms with Gasteiger partial charge in [-0.15, -0.1) is 0 Å². The number of nitrogens with zero attached hydrogens (tertiary/aromatic N) is 4. The SMILES string of the molecule is O=C(O)N1CCC[C@@H](Nc2c(-c3ncon3)cnc3[nH]ccc23)C1. The molecular weight excluding hydrogens is 312 g/mol. The standard InChI is InChI=1S/C15H16N6O3/c22-15(23)21-5-1-2-9(7-21)19-12-10-3-4-16-13(10)17-6-11(12)14-18-8-24-20-14/h3-4,6,8-9H,1-2,5,7H2,(H,22,23)(H2,16,17,19)/t9-/m1/s1. The molecule has 0 saturated carbocycles. The second-order valence-electron chi connectivity index (χ2n) is 5.75. The first-order chi connectivity index (χ1) is 11.7. The minimum atomic E-state index is -0.888. The fourth-order valence-electron chi connectivity index (χ4n) is 3.10. The van der Waals surface area contributed by atoms with E-state index in [9.17, 15) is 9.90 Å². The summed E-state index contributed by atoms with van der Waals surface area (Å²) in [5, 5.41) is 17.5. The molecule has 0 aromatic carbocycles. The first kappa shape index (κ1) is 14.5. The Kier molecular flexibility index (Phi) is 3.52. The van der Waals surface area contributed by atoms with Gasteiger partial charge in [-0.25, -0.2) is 9.78 Å². The number of H-pyrrole nitrogens is 1. The highest BCUT2D eigenvalue weighted by Gasteiger charge is 2.25. The molecule has 4 rings (SSSR count). The number of aromatic amines is 1. The van der Waals surface area contributed by atoms with Gasteiger partial charge in [-0.1, -0.05) is 5.16 Å². The average molecular weight is 328 g/mol. The smallest absolute Gasteiger partial charge is 0.407 e. The molecule has 9 heteroatoms. The number of carboxylic acid groups (broad SMARTS) is 1. The summed E-state index contributed by atoms with van der Waals surface area (Å²) in [6.07, 6.45) is 5.60. The van der Waals surface area contributed by atoms with Crippen LogP contribution in [-0.2, 0) is 0 Å². The van der Waals surface area contributed by atoms with Gasteiger partial charge in [0.15, 0.2) is 0 Å². The zero-order valence-electron chi connectivity index (χ0n) is 12.8. The summed E-state index contributed by atoms with van der Waals surface area (Å²) in [7, 11) is 0. The van der Waals surface area contributed by atoms with E-state index in [-0.39, 0.29) is 6.04 Å². The van der Waals surface area contributed by atoms with Gasteiger partial charge in [-0.2, -0.15) is 4.98 Å². The van der Waals surface area contributed by atoms with Crippen LogP contribution in [0.15, 0.2) is 29.4 Å². The lowest BCUT2D eigenvalue weighted by atomic mass is 10.0. The van der Waals surface area contributed by atoms with Crippen LogP contribution in [0.4, 0.5) is 10.5 Å². The number of amides is 1. The molecule has 1 amide bonds. The van der Waals surface area contributed by atoms with E-state index in [0.717, 1.165) is 35.1 Å². The number of rotatable bonds is 3. The number of piperidine rings is 1. The number of hydrogen-bond donors (Lipinski definition) is 3. The summed E-state index contributed by atoms with van der Waals surface area (Å²) in [4.78, 5) is 24.2. The van der Waals surface area contributed by atoms with Gasteiger partial charge >= 0.3 is 6.09 Å². The molecule has 4 heterocycles. The maximum Gasteiger partial charge on any atom is 0.407 e. The fourth-order valence-corrected chi connectivity index (χ4v) is 3.10. The summed E-state index contributed by atoms with van der Waals surface area (Å²) >= 11 is 0. The van der Waals surface area contributed by atoms with Gasteiger partial charge in [-0.05, 0) is 18.9 Å². The molecule has 3 aromatic rings. The summed E-state index contributed by atoms with van der Waals surface area (Å²) in [5.74, 6) is 0.444. The first-order valence-corrected chi connectivity index (χ1v) is 7.69. The van der Waals surface area contributed by atoms with Crippen LogP contribution in [0.25, 0.3) is 22.4 Å². The minimum Gasteiger partial charge on any atom is -0.465 e. The second-order valence-corrected chi connectivity index (χ2v) is 5.75. The fraction of sp³-hybridized carbons (Fsp3) is 0.333. The molecule has 1 aliphatic heterocycles. The molecule has 3 aromatic heterocycles. The van der Waals surface area contributed by atoms with Crippen LogP contribution in [-0.4, -0.2) is 55.3 Å². The van der Waals surface area contributed by atoms with Crippen LogP contribution in [0.5, 0.6) is 0 Å². The Hall–Kier alpha value is -3.10. The van der Waals surface area contributed by atoms with E-state index in [1.54, 1.807) is 6.20 Å². The summed E-state index contributed by atoms with van der Waals surface area (Å²) in [6, 6.07) is 1.94. The number of hydrogen-bond acceptors (Lipinski definition) is 6. The van der Waals surface area contributed by atoms with Crippen molar-refractivity contribution in [3.8, 4) is 11.4 Å². The third-order valence-corrected chi connectivity index (χ3v) is 4.23. The zero-order chi connectivity index (χ0) is 16.5. The van der Waals surface area contributed by atoms with Crippen molar-refractivity contribution >= 4 is 22.8 Å². The summed E-state index contributed by atoms with van der Waals surface area (Å²) in [6.45, 7) is 1.01. The molecule has 0 unspecified atom stereocenters. The van der Waals surface area contributed by atoms with Crippen molar-refractivity contribution in [1.82, 2.24) is 25.0 Å². The number of likely N-dealkylation sites (tertiary alicyclic amines) is 1. The van der Waals surface area contributed by atoms with Crippen LogP contribution < -0.4 is 5.32 Å². The van der Waals surface area contributed by atoms with Crippen molar-refractivity contribution < 1.29 is 14.4 Å². The van der Waals surface area contributed by atoms with Crippen molar-refractivity contribution in [1.29, 1.82) is 0 Å². The van der Waals surface area contributed by atoms with Gasteiger partial charge in [0, 0.05) is 36.9 Å². The molecule has 1 atom stereocenters. The van der Waals surface area contributed by atoms with E-state index in [2.05, 4.69) is 25.4 Å². The van der Waals surface area contributed by atoms with Crippen molar-refractivity contribution in [3.63, 3.8) is 0 Å². The van der Waals surface area contributed by atoms with Crippen LogP contribution in [0, 0.1) is 0 Å². The van der Waals surface area contributed by atoms with E-state index in [1.807, 2.05) is 12.3 Å². The highest BCUT2D eigenvalue weighted by molar-refractivity contribution is 5.97. The van der Waals surface area contributed by atoms with Gasteiger partial charge in [0.2, 0.25) is 12.2 Å². The topological polar surface area (TPSA) is 120 Å². The molecule has 3 N–H and O–H groups in total. The van der Waals surface area contributed by atoms with Crippen LogP contribution in [0.3, 0.4) is 0 Å². The van der Waals surface area contributed by atoms with Crippen molar-refractivity contribution in [2.24, 2.45) is 0 Å². The lowest BCUT2D eigenvalue weighted by molar-refractivity contribution is 0.133. The molecule has 1 fully saturated rings. The molecule has 0 aliphatic carbocycles. The van der Waals surface area contributed by atoms with E-state index in [4.69, 9.17) is 4.52 Å². The van der Waals surface area contributed by atoms with Gasteiger partial charge in [0.05, 0.1) is 11.3 Å². The molecule has 24 heavy (non-hydrogen) atoms. The van der Waals surface area contributed by atoms with E-state index >= 15 is 0 Å². The Balaban J connectivity index is 1.71. The molecule has 0 spiro atoms. The number of aromatic nitrogens is 4. The predicted molar refractivity (Wildman–Crippen MR) is 85.6 cm³/mol. The van der Waals surface area contributed by atoms with Crippen molar-refractivity contribution in [2.45, 2.75) is 18.9 Å². The second kappa shape index (κ2) is 5.84. The molecule has 0 bridgehead atoms. The Labute approximate surface area is 136 Å². The maximum atomic E-state index is 11.2. The highest BCUT2D eigenvalue weighted by Crippen LogP contribution is 2.32. The number of anilines is 1. The van der Waals surface area contributed by atoms with Gasteiger partial charge in [0.1, 0.15) is 5.65 Å². The number of nitrogens with one attached hydrogen (secondary N) is 2. The number of carbonyl (C=O) groups is 1. The number of fused-ring (bicyclic) bond motifs is 1. The van der Waals surface area contributed by atoms with Gasteiger partial charge in [0.25, 0.3) is 0 Å². The van der Waals surface area contributed by atoms with E-state index in [0.29, 0.717) is 18.9 Å². The predicted octanol–water partition coefficient (Wildman–Crippen LogP) is 2.17. The number of pyridine rings is 1. The third-order valence-electron chi connectivity index (χ3n) is 4.23. The molecule has 1 saturated heterocycles. The molecular formula is C15H16N6O3. The van der Waals surface area contributed by atoms with Crippen LogP contribution >= 0.6 is 0 Å². The lowest BCUT2D eigenvalue weighted by Crippen LogP contribution is -2.44. The van der Waals surface area contributed by atoms with Crippen LogP contribution in [0.1, 0.15) is 12.8 Å². The molecule has 124 valence electrons. The Morgan fingerprint density at radius 2 is 2.38 bits per heavy atom. The largest absolute Gasteiger partial charge is 0.465 e. The Morgan fingerprint density at radius 1 is 1.46 bits per heavy atom. The summed E-state index contributed by atoms with van der Waals surface area (Å²) < 4.78 is 4.85. The first-order valence-electron chi connectivity index (χ1n) is 7.69. The quantitative estimate of drug-likeness (QED) is 0.673. The Morgan fingerprint density at radius 3 is 3.17 bits per heavy atom. The minimum absolute atomic E-state index is 0.0148. The average Bonchev–Trinajstić information content (AvgIpc) is 3.27. The molecule has 0 radical (unpaired) electrons. The summed E-state index contributed by atoms with van der Waals surface area (Å²) in [5.41, 5.74) is 2.30. The highest BCUT2D eigenvalue weighted by atomic mass is 16.5. The van der Waals surface area contributed by atoms with Crippen molar-refractivity contribution in [2.75, 3.05) is 18.4 Å². The van der Waals surface area contributed by atoms with Gasteiger partial charge in [-0.3, -0.25) is 0 Å². The zero-order valence-corrected chi connectivity index (χ0v) is 12.8. The monoisotopic (exact) mass is 328 g/mol. The van der Waals surface area contributed by atoms with E-state index < -0.39 is 6.09 Å². The molecule has 1 aliphatic rings. The van der Waals surface area contributed by atoms with Gasteiger partial charge < -0.3 is 24.8 Å². The maximum absolute atomic E-state index is 11.2. The lowest BCUT2D eigenvalue weighted by Gasteiger charge is -2.32. The van der Waals surface area contributed by atoms with E-state index in [1.165, 1.54) is 11.3 Å².